The highest BCUT2D eigenvalue weighted by atomic mass is 32.2. The van der Waals surface area contributed by atoms with Crippen LogP contribution in [0.4, 0.5) is 5.69 Å². The van der Waals surface area contributed by atoms with Crippen molar-refractivity contribution in [2.24, 2.45) is 11.8 Å². The molecule has 4 rings (SSSR count). The molecule has 1 aromatic carbocycles. The van der Waals surface area contributed by atoms with Gasteiger partial charge in [-0.05, 0) is 39.1 Å². The van der Waals surface area contributed by atoms with Crippen molar-refractivity contribution in [2.45, 2.75) is 63.3 Å². The van der Waals surface area contributed by atoms with Crippen molar-refractivity contribution in [3.8, 4) is 0 Å². The molecule has 33 heavy (non-hydrogen) atoms. The first kappa shape index (κ1) is 24.1. The molecule has 0 unspecified atom stereocenters. The molecule has 2 aliphatic heterocycles. The third-order valence-corrected chi connectivity index (χ3v) is 9.51. The van der Waals surface area contributed by atoms with E-state index in [-0.39, 0.29) is 35.6 Å². The number of benzene rings is 1. The number of rotatable bonds is 8. The first-order valence-electron chi connectivity index (χ1n) is 11.0. The number of non-ortho nitro benzene ring substituents is 1. The minimum absolute atomic E-state index is 0.0654. The zero-order chi connectivity index (χ0) is 24.1. The lowest BCUT2D eigenvalue weighted by Crippen LogP contribution is -2.64. The topological polar surface area (TPSA) is 85.6 Å². The molecular weight excluding hydrogens is 474 g/mol. The van der Waals surface area contributed by atoms with Gasteiger partial charge in [0.15, 0.2) is 12.7 Å². The Balaban J connectivity index is 1.65. The van der Waals surface area contributed by atoms with Crippen LogP contribution in [0, 0.1) is 28.9 Å². The highest BCUT2D eigenvalue weighted by Crippen LogP contribution is 2.53. The third-order valence-electron chi connectivity index (χ3n) is 6.05. The predicted octanol–water partition coefficient (Wildman–Crippen LogP) is 5.62. The molecule has 1 amide bonds. The van der Waals surface area contributed by atoms with Gasteiger partial charge >= 0.3 is 0 Å². The smallest absolute Gasteiger partial charge is 0.269 e. The standard InChI is InChI=1S/C23H29N3O4S2Si/c1-13-12-31-23(24-13)32-21-14(2)20-19(15(3)30-33(4,5)6)22(27)25(20)18(21)11-16-7-9-17(10-8-16)26(28)29/h7-10,12,14-15,19-20H,11H2,1-6H3/t14-,15-,19-,20-/m1/s1. The van der Waals surface area contributed by atoms with E-state index in [0.29, 0.717) is 6.42 Å². The number of hydrogen-bond acceptors (Lipinski definition) is 7. The predicted molar refractivity (Wildman–Crippen MR) is 134 cm³/mol. The lowest BCUT2D eigenvalue weighted by atomic mass is 9.79. The zero-order valence-corrected chi connectivity index (χ0v) is 22.3. The Morgan fingerprint density at radius 3 is 2.52 bits per heavy atom. The normalized spacial score (nSPS) is 23.5. The third kappa shape index (κ3) is 4.80. The van der Waals surface area contributed by atoms with Crippen LogP contribution in [0.3, 0.4) is 0 Å². The summed E-state index contributed by atoms with van der Waals surface area (Å²) in [7, 11) is -1.78. The molecule has 0 radical (unpaired) electrons. The monoisotopic (exact) mass is 503 g/mol. The van der Waals surface area contributed by atoms with Crippen LogP contribution < -0.4 is 0 Å². The number of amides is 1. The van der Waals surface area contributed by atoms with Crippen LogP contribution in [0.15, 0.2) is 44.6 Å². The number of fused-ring (bicyclic) bond motifs is 1. The van der Waals surface area contributed by atoms with Gasteiger partial charge in [0.05, 0.1) is 23.0 Å². The summed E-state index contributed by atoms with van der Waals surface area (Å²) < 4.78 is 7.27. The van der Waals surface area contributed by atoms with E-state index in [2.05, 4.69) is 31.5 Å². The molecule has 2 aliphatic rings. The number of aryl methyl sites for hydroxylation is 1. The Hall–Kier alpha value is -2.01. The van der Waals surface area contributed by atoms with E-state index in [1.54, 1.807) is 35.2 Å². The van der Waals surface area contributed by atoms with Crippen molar-refractivity contribution < 1.29 is 14.1 Å². The summed E-state index contributed by atoms with van der Waals surface area (Å²) in [6.07, 6.45) is 0.424. The summed E-state index contributed by atoms with van der Waals surface area (Å²) >= 11 is 3.26. The van der Waals surface area contributed by atoms with Crippen LogP contribution in [-0.2, 0) is 15.6 Å². The van der Waals surface area contributed by atoms with E-state index in [9.17, 15) is 14.9 Å². The Kier molecular flexibility index (Phi) is 6.56. The second-order valence-corrected chi connectivity index (χ2v) is 16.3. The number of carbonyl (C=O) groups is 1. The molecule has 0 N–H and O–H groups in total. The van der Waals surface area contributed by atoms with Gasteiger partial charge in [-0.3, -0.25) is 14.9 Å². The van der Waals surface area contributed by atoms with E-state index in [0.717, 1.165) is 26.2 Å². The Labute approximate surface area is 203 Å². The molecule has 4 atom stereocenters. The van der Waals surface area contributed by atoms with E-state index in [1.807, 2.05) is 24.1 Å². The summed E-state index contributed by atoms with van der Waals surface area (Å²) in [6, 6.07) is 6.66. The van der Waals surface area contributed by atoms with E-state index in [4.69, 9.17) is 4.43 Å². The quantitative estimate of drug-likeness (QED) is 0.201. The zero-order valence-electron chi connectivity index (χ0n) is 19.7. The maximum absolute atomic E-state index is 13.4. The minimum atomic E-state index is -1.78. The van der Waals surface area contributed by atoms with Gasteiger partial charge in [0.25, 0.3) is 5.69 Å². The van der Waals surface area contributed by atoms with Crippen molar-refractivity contribution in [3.63, 3.8) is 0 Å². The first-order chi connectivity index (χ1) is 15.5. The van der Waals surface area contributed by atoms with E-state index >= 15 is 0 Å². The highest BCUT2D eigenvalue weighted by Gasteiger charge is 2.59. The molecule has 0 aliphatic carbocycles. The number of aromatic nitrogens is 1. The Morgan fingerprint density at radius 2 is 1.97 bits per heavy atom. The fourth-order valence-electron chi connectivity index (χ4n) is 4.75. The number of hydrogen-bond donors (Lipinski definition) is 0. The molecule has 0 bridgehead atoms. The molecule has 1 saturated heterocycles. The molecule has 3 heterocycles. The average Bonchev–Trinajstić information content (AvgIpc) is 3.21. The number of β-lactam (4-membered cyclic amide) rings is 1. The van der Waals surface area contributed by atoms with Gasteiger partial charge in [0, 0.05) is 46.1 Å². The van der Waals surface area contributed by atoms with Crippen molar-refractivity contribution in [1.82, 2.24) is 9.88 Å². The van der Waals surface area contributed by atoms with Gasteiger partial charge in [-0.25, -0.2) is 4.98 Å². The fourth-order valence-corrected chi connectivity index (χ4v) is 8.13. The SMILES string of the molecule is Cc1csc(SC2=C(Cc3ccc([N+](=O)[O-])cc3)N3C(=O)[C@H]([C@@H](C)O[Si](C)(C)C)[C@H]3[C@H]2C)n1. The molecule has 0 spiro atoms. The van der Waals surface area contributed by atoms with Gasteiger partial charge < -0.3 is 9.33 Å². The maximum atomic E-state index is 13.4. The van der Waals surface area contributed by atoms with Crippen LogP contribution in [0.25, 0.3) is 0 Å². The number of thiazole rings is 1. The molecule has 0 saturated carbocycles. The number of thioether (sulfide) groups is 1. The van der Waals surface area contributed by atoms with Crippen LogP contribution in [0.5, 0.6) is 0 Å². The number of allylic oxidation sites excluding steroid dienone is 1. The molecule has 176 valence electrons. The lowest BCUT2D eigenvalue weighted by Gasteiger charge is -2.49. The van der Waals surface area contributed by atoms with E-state index in [1.165, 1.54) is 12.1 Å². The summed E-state index contributed by atoms with van der Waals surface area (Å²) in [5.41, 5.74) is 2.98. The van der Waals surface area contributed by atoms with Gasteiger partial charge in [-0.1, -0.05) is 30.8 Å². The number of nitro benzene ring substituents is 1. The molecule has 10 heteroatoms. The Bertz CT molecular complexity index is 1110. The largest absolute Gasteiger partial charge is 0.414 e. The molecule has 1 fully saturated rings. The molecule has 2 aromatic rings. The van der Waals surface area contributed by atoms with Gasteiger partial charge in [-0.15, -0.1) is 11.3 Å². The number of nitro groups is 1. The summed E-state index contributed by atoms with van der Waals surface area (Å²) in [5.74, 6) is 0.123. The molecule has 7 nitrogen and oxygen atoms in total. The lowest BCUT2D eigenvalue weighted by molar-refractivity contribution is -0.384. The highest BCUT2D eigenvalue weighted by molar-refractivity contribution is 8.04. The van der Waals surface area contributed by atoms with Crippen molar-refractivity contribution in [1.29, 1.82) is 0 Å². The van der Waals surface area contributed by atoms with Crippen molar-refractivity contribution in [2.75, 3.05) is 0 Å². The van der Waals surface area contributed by atoms with Gasteiger partial charge in [0.2, 0.25) is 5.91 Å². The Morgan fingerprint density at radius 1 is 1.30 bits per heavy atom. The molecule has 1 aromatic heterocycles. The summed E-state index contributed by atoms with van der Waals surface area (Å²) in [6.45, 7) is 12.6. The van der Waals surface area contributed by atoms with Gasteiger partial charge in [0.1, 0.15) is 0 Å². The van der Waals surface area contributed by atoms with E-state index < -0.39 is 13.2 Å². The second-order valence-electron chi connectivity index (χ2n) is 9.72. The minimum Gasteiger partial charge on any atom is -0.414 e. The number of nitrogens with zero attached hydrogens (tertiary/aromatic N) is 3. The van der Waals surface area contributed by atoms with Gasteiger partial charge in [-0.2, -0.15) is 0 Å². The average molecular weight is 504 g/mol. The van der Waals surface area contributed by atoms with Crippen LogP contribution >= 0.6 is 23.1 Å². The number of carbonyl (C=O) groups excluding carboxylic acids is 1. The van der Waals surface area contributed by atoms with Crippen LogP contribution in [0.1, 0.15) is 25.1 Å². The molecular formula is C23H29N3O4S2Si. The van der Waals surface area contributed by atoms with Crippen molar-refractivity contribution >= 4 is 43.0 Å². The van der Waals surface area contributed by atoms with Crippen LogP contribution in [0.2, 0.25) is 19.6 Å². The first-order valence-corrected chi connectivity index (χ1v) is 16.1. The van der Waals surface area contributed by atoms with Crippen LogP contribution in [-0.4, -0.2) is 41.2 Å². The maximum Gasteiger partial charge on any atom is 0.269 e. The summed E-state index contributed by atoms with van der Waals surface area (Å²) in [4.78, 5) is 31.7. The summed E-state index contributed by atoms with van der Waals surface area (Å²) in [5, 5.41) is 13.1. The van der Waals surface area contributed by atoms with Crippen molar-refractivity contribution in [3.05, 3.63) is 61.6 Å². The fraction of sp³-hybridized carbons (Fsp3) is 0.478. The second kappa shape index (κ2) is 8.97.